The molecule has 0 aliphatic carbocycles. The summed E-state index contributed by atoms with van der Waals surface area (Å²) in [6.07, 6.45) is 4.20. The zero-order chi connectivity index (χ0) is 44.8. The van der Waals surface area contributed by atoms with E-state index in [0.29, 0.717) is 6.67 Å². The molecular weight excluding hydrogens is 805 g/mol. The van der Waals surface area contributed by atoms with Crippen LogP contribution in [0.25, 0.3) is 66.7 Å². The molecule has 1 aliphatic rings. The van der Waals surface area contributed by atoms with Crippen LogP contribution in [0.4, 0.5) is 11.4 Å². The Morgan fingerprint density at radius 3 is 1.86 bits per heavy atom. The minimum atomic E-state index is 0.0375. The number of nitrogens with zero attached hydrogens (tertiary/aromatic N) is 4. The fraction of sp³-hybridized carbons (Fsp3) is 0.0984. The standard InChI is InChI=1S/C61H50N4O/c1-42-18-14-31-55-59(42)54-33-32-51(66-50-28-16-26-48(38-50)63-40-57(45-23-12-7-13-24-45)64(41-63)49-27-15-25-47(37-49)61(2,3)4)39-56(54)65(55)58-36-46(34-35-62-58)60-52(43-19-8-5-9-20-43)29-17-30-53(60)44-21-10-6-11-22-44/h5-40H,41H2,1-4H3. The van der Waals surface area contributed by atoms with Crippen LogP contribution < -0.4 is 14.5 Å². The molecular formula is C61H50N4O. The predicted octanol–water partition coefficient (Wildman–Crippen LogP) is 15.9. The van der Waals surface area contributed by atoms with Gasteiger partial charge in [0.25, 0.3) is 0 Å². The lowest BCUT2D eigenvalue weighted by molar-refractivity contribution is 0.483. The quantitative estimate of drug-likeness (QED) is 0.145. The highest BCUT2D eigenvalue weighted by Gasteiger charge is 2.26. The minimum absolute atomic E-state index is 0.0375. The first-order valence-corrected chi connectivity index (χ1v) is 22.7. The van der Waals surface area contributed by atoms with Gasteiger partial charge in [0.1, 0.15) is 17.3 Å². The average molecular weight is 855 g/mol. The second kappa shape index (κ2) is 16.8. The Morgan fingerprint density at radius 1 is 0.515 bits per heavy atom. The Kier molecular flexibility index (Phi) is 10.3. The lowest BCUT2D eigenvalue weighted by Crippen LogP contribution is -2.26. The van der Waals surface area contributed by atoms with Crippen molar-refractivity contribution in [3.8, 4) is 50.7 Å². The molecule has 0 spiro atoms. The first-order valence-electron chi connectivity index (χ1n) is 22.7. The van der Waals surface area contributed by atoms with Gasteiger partial charge in [0, 0.05) is 46.7 Å². The molecule has 0 fully saturated rings. The number of aromatic nitrogens is 2. The summed E-state index contributed by atoms with van der Waals surface area (Å²) in [6, 6.07) is 73.3. The van der Waals surface area contributed by atoms with Gasteiger partial charge in [-0.05, 0) is 117 Å². The summed E-state index contributed by atoms with van der Waals surface area (Å²) in [4.78, 5) is 9.80. The van der Waals surface area contributed by atoms with E-state index in [0.717, 1.165) is 50.7 Å². The van der Waals surface area contributed by atoms with Crippen LogP contribution in [-0.2, 0) is 5.41 Å². The number of aryl methyl sites for hydroxylation is 1. The van der Waals surface area contributed by atoms with Crippen LogP contribution in [0.5, 0.6) is 11.5 Å². The highest BCUT2D eigenvalue weighted by molar-refractivity contribution is 6.11. The van der Waals surface area contributed by atoms with E-state index in [9.17, 15) is 0 Å². The van der Waals surface area contributed by atoms with Crippen molar-refractivity contribution in [1.82, 2.24) is 9.55 Å². The van der Waals surface area contributed by atoms with Gasteiger partial charge in [-0.25, -0.2) is 4.98 Å². The molecule has 0 bridgehead atoms. The average Bonchev–Trinajstić information content (AvgIpc) is 3.95. The van der Waals surface area contributed by atoms with Gasteiger partial charge in [-0.2, -0.15) is 0 Å². The molecule has 66 heavy (non-hydrogen) atoms. The number of hydrogen-bond donors (Lipinski definition) is 0. The van der Waals surface area contributed by atoms with Gasteiger partial charge >= 0.3 is 0 Å². The summed E-state index contributed by atoms with van der Waals surface area (Å²) in [5, 5.41) is 2.35. The molecule has 10 aromatic rings. The second-order valence-electron chi connectivity index (χ2n) is 18.2. The summed E-state index contributed by atoms with van der Waals surface area (Å²) < 4.78 is 9.10. The van der Waals surface area contributed by atoms with Crippen LogP contribution in [0, 0.1) is 6.92 Å². The number of ether oxygens (including phenoxy) is 1. The third kappa shape index (κ3) is 7.58. The fourth-order valence-corrected chi connectivity index (χ4v) is 9.52. The number of anilines is 2. The maximum atomic E-state index is 6.81. The zero-order valence-electron chi connectivity index (χ0n) is 37.7. The molecule has 0 unspecified atom stereocenters. The lowest BCUT2D eigenvalue weighted by atomic mass is 9.87. The van der Waals surface area contributed by atoms with Gasteiger partial charge in [-0.3, -0.25) is 4.57 Å². The zero-order valence-corrected chi connectivity index (χ0v) is 37.7. The minimum Gasteiger partial charge on any atom is -0.457 e. The molecule has 5 nitrogen and oxygen atoms in total. The monoisotopic (exact) mass is 854 g/mol. The largest absolute Gasteiger partial charge is 0.457 e. The number of rotatable bonds is 9. The Labute approximate surface area is 387 Å². The van der Waals surface area contributed by atoms with E-state index in [1.807, 2.05) is 12.3 Å². The second-order valence-corrected chi connectivity index (χ2v) is 18.2. The summed E-state index contributed by atoms with van der Waals surface area (Å²) in [7, 11) is 0. The first kappa shape index (κ1) is 40.6. The van der Waals surface area contributed by atoms with Crippen LogP contribution in [0.3, 0.4) is 0 Å². The van der Waals surface area contributed by atoms with Crippen molar-refractivity contribution in [2.24, 2.45) is 0 Å². The van der Waals surface area contributed by atoms with E-state index in [1.165, 1.54) is 55.6 Å². The van der Waals surface area contributed by atoms with Gasteiger partial charge in [-0.1, -0.05) is 160 Å². The molecule has 320 valence electrons. The lowest BCUT2D eigenvalue weighted by Gasteiger charge is -2.27. The van der Waals surface area contributed by atoms with Crippen LogP contribution in [-0.4, -0.2) is 16.2 Å². The van der Waals surface area contributed by atoms with Crippen molar-refractivity contribution in [1.29, 1.82) is 0 Å². The molecule has 8 aromatic carbocycles. The van der Waals surface area contributed by atoms with Crippen LogP contribution in [0.1, 0.15) is 37.5 Å². The third-order valence-corrected chi connectivity index (χ3v) is 12.8. The summed E-state index contributed by atoms with van der Waals surface area (Å²) in [5.41, 5.74) is 16.2. The smallest absolute Gasteiger partial charge is 0.138 e. The first-order chi connectivity index (χ1) is 32.3. The Hall–Kier alpha value is -8.15. The van der Waals surface area contributed by atoms with Crippen molar-refractivity contribution in [3.63, 3.8) is 0 Å². The van der Waals surface area contributed by atoms with E-state index in [1.54, 1.807) is 0 Å². The molecule has 0 radical (unpaired) electrons. The SMILES string of the molecule is Cc1cccc2c1c1ccc(Oc3cccc(N4C=C(c5ccccc5)N(c5cccc(C(C)(C)C)c5)C4)c3)cc1n2-c1cc(-c2c(-c3ccccc3)cccc2-c2ccccc2)ccn1. The number of benzene rings is 8. The molecule has 0 atom stereocenters. The van der Waals surface area contributed by atoms with Crippen LogP contribution in [0.2, 0.25) is 0 Å². The predicted molar refractivity (Wildman–Crippen MR) is 276 cm³/mol. The van der Waals surface area contributed by atoms with Gasteiger partial charge in [0.05, 0.1) is 23.4 Å². The van der Waals surface area contributed by atoms with Gasteiger partial charge < -0.3 is 14.5 Å². The van der Waals surface area contributed by atoms with E-state index in [2.05, 4.69) is 248 Å². The molecule has 0 N–H and O–H groups in total. The summed E-state index contributed by atoms with van der Waals surface area (Å²) in [5.74, 6) is 2.35. The summed E-state index contributed by atoms with van der Waals surface area (Å²) in [6.45, 7) is 9.66. The van der Waals surface area contributed by atoms with E-state index in [-0.39, 0.29) is 5.41 Å². The molecule has 2 aromatic heterocycles. The van der Waals surface area contributed by atoms with Crippen molar-refractivity contribution in [2.75, 3.05) is 16.5 Å². The molecule has 0 saturated carbocycles. The summed E-state index contributed by atoms with van der Waals surface area (Å²) >= 11 is 0. The highest BCUT2D eigenvalue weighted by Crippen LogP contribution is 2.43. The number of pyridine rings is 1. The van der Waals surface area contributed by atoms with Gasteiger partial charge in [0.15, 0.2) is 0 Å². The molecule has 3 heterocycles. The van der Waals surface area contributed by atoms with E-state index >= 15 is 0 Å². The van der Waals surface area contributed by atoms with Crippen LogP contribution in [0.15, 0.2) is 219 Å². The van der Waals surface area contributed by atoms with Gasteiger partial charge in [0.2, 0.25) is 0 Å². The fourth-order valence-electron chi connectivity index (χ4n) is 9.52. The van der Waals surface area contributed by atoms with Crippen LogP contribution >= 0.6 is 0 Å². The van der Waals surface area contributed by atoms with E-state index in [4.69, 9.17) is 9.72 Å². The Bertz CT molecular complexity index is 3360. The topological polar surface area (TPSA) is 33.5 Å². The third-order valence-electron chi connectivity index (χ3n) is 12.8. The maximum absolute atomic E-state index is 6.81. The van der Waals surface area contributed by atoms with E-state index < -0.39 is 0 Å². The molecule has 0 saturated heterocycles. The molecule has 5 heteroatoms. The number of fused-ring (bicyclic) bond motifs is 3. The van der Waals surface area contributed by atoms with Crippen molar-refractivity contribution in [3.05, 3.63) is 235 Å². The normalized spacial score (nSPS) is 12.8. The molecule has 1 aliphatic heterocycles. The molecule has 0 amide bonds. The van der Waals surface area contributed by atoms with Crippen molar-refractivity contribution >= 4 is 38.9 Å². The maximum Gasteiger partial charge on any atom is 0.138 e. The Balaban J connectivity index is 0.978. The van der Waals surface area contributed by atoms with Crippen molar-refractivity contribution < 1.29 is 4.74 Å². The van der Waals surface area contributed by atoms with Crippen molar-refractivity contribution in [2.45, 2.75) is 33.1 Å². The van der Waals surface area contributed by atoms with Gasteiger partial charge in [-0.15, -0.1) is 0 Å². The number of hydrogen-bond acceptors (Lipinski definition) is 4. The Morgan fingerprint density at radius 2 is 1.15 bits per heavy atom. The highest BCUT2D eigenvalue weighted by atomic mass is 16.5. The molecule has 11 rings (SSSR count).